The number of hydrogen-bond acceptors (Lipinski definition) is 4. The van der Waals surface area contributed by atoms with E-state index in [9.17, 15) is 18.0 Å². The number of nitrogens with zero attached hydrogens (tertiary/aromatic N) is 2. The van der Waals surface area contributed by atoms with Gasteiger partial charge in [-0.2, -0.15) is 0 Å². The minimum atomic E-state index is -3.07. The highest BCUT2D eigenvalue weighted by atomic mass is 35.5. The molecule has 2 heterocycles. The molecule has 2 amide bonds. The van der Waals surface area contributed by atoms with Gasteiger partial charge in [-0.05, 0) is 24.1 Å². The lowest BCUT2D eigenvalue weighted by Gasteiger charge is -2.24. The summed E-state index contributed by atoms with van der Waals surface area (Å²) in [7, 11) is -1.39. The minimum absolute atomic E-state index is 0.00123. The van der Waals surface area contributed by atoms with E-state index in [2.05, 4.69) is 0 Å². The third-order valence-corrected chi connectivity index (χ3v) is 7.43. The molecule has 0 aliphatic carbocycles. The SMILES string of the molecule is CN(Cc1ccc(Cl)c(Cl)c1)C(=O)[C@H]1CC(=O)N([C@@H]2CCS(=O)(=O)C2)C1. The van der Waals surface area contributed by atoms with Crippen molar-refractivity contribution in [1.82, 2.24) is 9.80 Å². The number of rotatable bonds is 4. The summed E-state index contributed by atoms with van der Waals surface area (Å²) in [5, 5.41) is 0.877. The molecule has 1 aromatic rings. The molecular formula is C17H20Cl2N2O4S. The second kappa shape index (κ2) is 7.37. The smallest absolute Gasteiger partial charge is 0.228 e. The van der Waals surface area contributed by atoms with Gasteiger partial charge in [0.2, 0.25) is 11.8 Å². The Bertz CT molecular complexity index is 843. The fraction of sp³-hybridized carbons (Fsp3) is 0.529. The van der Waals surface area contributed by atoms with Crippen LogP contribution in [0.15, 0.2) is 18.2 Å². The fourth-order valence-corrected chi connectivity index (χ4v) is 5.62. The summed E-state index contributed by atoms with van der Waals surface area (Å²) in [6.07, 6.45) is 0.579. The van der Waals surface area contributed by atoms with E-state index in [4.69, 9.17) is 23.2 Å². The van der Waals surface area contributed by atoms with Crippen LogP contribution in [0.5, 0.6) is 0 Å². The van der Waals surface area contributed by atoms with Crippen molar-refractivity contribution in [1.29, 1.82) is 0 Å². The molecule has 2 aliphatic heterocycles. The number of carbonyl (C=O) groups is 2. The van der Waals surface area contributed by atoms with Crippen LogP contribution in [0.3, 0.4) is 0 Å². The van der Waals surface area contributed by atoms with Crippen molar-refractivity contribution in [2.75, 3.05) is 25.1 Å². The Hall–Kier alpha value is -1.31. The maximum absolute atomic E-state index is 12.7. The van der Waals surface area contributed by atoms with Crippen LogP contribution in [0.25, 0.3) is 0 Å². The van der Waals surface area contributed by atoms with Gasteiger partial charge in [0.25, 0.3) is 0 Å². The lowest BCUT2D eigenvalue weighted by Crippen LogP contribution is -2.39. The molecule has 2 fully saturated rings. The minimum Gasteiger partial charge on any atom is -0.341 e. The van der Waals surface area contributed by atoms with Crippen LogP contribution < -0.4 is 0 Å². The molecule has 0 radical (unpaired) electrons. The molecule has 2 saturated heterocycles. The average molecular weight is 419 g/mol. The van der Waals surface area contributed by atoms with Crippen molar-refractivity contribution in [3.63, 3.8) is 0 Å². The Morgan fingerprint density at radius 2 is 2.04 bits per heavy atom. The van der Waals surface area contributed by atoms with Gasteiger partial charge < -0.3 is 9.80 Å². The van der Waals surface area contributed by atoms with Crippen molar-refractivity contribution >= 4 is 44.9 Å². The molecule has 2 aliphatic rings. The van der Waals surface area contributed by atoms with Crippen LogP contribution in [0.2, 0.25) is 10.0 Å². The van der Waals surface area contributed by atoms with Crippen molar-refractivity contribution in [2.24, 2.45) is 5.92 Å². The molecule has 0 spiro atoms. The van der Waals surface area contributed by atoms with Gasteiger partial charge in [-0.1, -0.05) is 29.3 Å². The second-order valence-corrected chi connectivity index (χ2v) is 9.99. The third kappa shape index (κ3) is 4.15. The molecule has 26 heavy (non-hydrogen) atoms. The molecule has 3 rings (SSSR count). The first kappa shape index (κ1) is 19.5. The Balaban J connectivity index is 1.63. The van der Waals surface area contributed by atoms with E-state index in [0.29, 0.717) is 23.0 Å². The normalized spacial score (nSPS) is 24.9. The van der Waals surface area contributed by atoms with E-state index in [-0.39, 0.29) is 42.3 Å². The molecule has 0 aromatic heterocycles. The van der Waals surface area contributed by atoms with Crippen molar-refractivity contribution in [3.05, 3.63) is 33.8 Å². The topological polar surface area (TPSA) is 74.8 Å². The number of carbonyl (C=O) groups excluding carboxylic acids is 2. The number of halogens is 2. The summed E-state index contributed by atoms with van der Waals surface area (Å²) in [6.45, 7) is 0.641. The predicted octanol–water partition coefficient (Wildman–Crippen LogP) is 1.99. The zero-order valence-electron chi connectivity index (χ0n) is 14.3. The summed E-state index contributed by atoms with van der Waals surface area (Å²) in [5.74, 6) is -0.615. The molecule has 2 atom stereocenters. The molecule has 0 N–H and O–H groups in total. The van der Waals surface area contributed by atoms with Crippen LogP contribution in [0.1, 0.15) is 18.4 Å². The van der Waals surface area contributed by atoms with Gasteiger partial charge in [-0.15, -0.1) is 0 Å². The lowest BCUT2D eigenvalue weighted by molar-refractivity contribution is -0.135. The maximum Gasteiger partial charge on any atom is 0.228 e. The number of sulfone groups is 1. The van der Waals surface area contributed by atoms with Gasteiger partial charge in [-0.25, -0.2) is 8.42 Å². The Morgan fingerprint density at radius 1 is 1.31 bits per heavy atom. The standard InChI is InChI=1S/C17H20Cl2N2O4S/c1-20(8-11-2-3-14(18)15(19)6-11)17(23)12-7-16(22)21(9-12)13-4-5-26(24,25)10-13/h2-3,6,12-13H,4-5,7-10H2,1H3/t12-,13+/m0/s1. The Morgan fingerprint density at radius 3 is 2.65 bits per heavy atom. The zero-order valence-corrected chi connectivity index (χ0v) is 16.6. The highest BCUT2D eigenvalue weighted by molar-refractivity contribution is 7.91. The molecule has 142 valence electrons. The van der Waals surface area contributed by atoms with Gasteiger partial charge in [0.05, 0.1) is 27.5 Å². The highest BCUT2D eigenvalue weighted by Gasteiger charge is 2.42. The van der Waals surface area contributed by atoms with E-state index in [1.807, 2.05) is 0 Å². The van der Waals surface area contributed by atoms with E-state index >= 15 is 0 Å². The maximum atomic E-state index is 12.7. The summed E-state index contributed by atoms with van der Waals surface area (Å²) in [6, 6.07) is 4.89. The van der Waals surface area contributed by atoms with Crippen LogP contribution in [-0.2, 0) is 26.0 Å². The molecule has 1 aromatic carbocycles. The molecular weight excluding hydrogens is 399 g/mol. The average Bonchev–Trinajstić information content (AvgIpc) is 3.12. The predicted molar refractivity (Wildman–Crippen MR) is 99.8 cm³/mol. The molecule has 0 saturated carbocycles. The van der Waals surface area contributed by atoms with E-state index in [1.54, 1.807) is 35.0 Å². The first-order valence-corrected chi connectivity index (χ1v) is 10.9. The van der Waals surface area contributed by atoms with Crippen LogP contribution >= 0.6 is 23.2 Å². The lowest BCUT2D eigenvalue weighted by atomic mass is 10.1. The highest BCUT2D eigenvalue weighted by Crippen LogP contribution is 2.28. The second-order valence-electron chi connectivity index (χ2n) is 6.95. The van der Waals surface area contributed by atoms with Gasteiger partial charge >= 0.3 is 0 Å². The third-order valence-electron chi connectivity index (χ3n) is 4.94. The molecule has 0 bridgehead atoms. The number of hydrogen-bond donors (Lipinski definition) is 0. The summed E-state index contributed by atoms with van der Waals surface area (Å²) in [5.41, 5.74) is 0.846. The Kier molecular flexibility index (Phi) is 5.51. The van der Waals surface area contributed by atoms with E-state index in [0.717, 1.165) is 5.56 Å². The Labute approximate surface area is 163 Å². The van der Waals surface area contributed by atoms with Crippen LogP contribution in [0, 0.1) is 5.92 Å². The van der Waals surface area contributed by atoms with Crippen molar-refractivity contribution < 1.29 is 18.0 Å². The van der Waals surface area contributed by atoms with Gasteiger partial charge in [-0.3, -0.25) is 9.59 Å². The number of amides is 2. The van der Waals surface area contributed by atoms with Crippen molar-refractivity contribution in [2.45, 2.75) is 25.4 Å². The number of benzene rings is 1. The van der Waals surface area contributed by atoms with Gasteiger partial charge in [0.15, 0.2) is 9.84 Å². The first-order chi connectivity index (χ1) is 12.2. The van der Waals surface area contributed by atoms with Crippen molar-refractivity contribution in [3.8, 4) is 0 Å². The zero-order chi connectivity index (χ0) is 19.1. The van der Waals surface area contributed by atoms with Crippen LogP contribution in [-0.4, -0.2) is 61.2 Å². The quantitative estimate of drug-likeness (QED) is 0.748. The summed E-state index contributed by atoms with van der Waals surface area (Å²) >= 11 is 11.9. The number of likely N-dealkylation sites (tertiary alicyclic amines) is 1. The fourth-order valence-electron chi connectivity index (χ4n) is 3.57. The molecule has 6 nitrogen and oxygen atoms in total. The first-order valence-electron chi connectivity index (χ1n) is 8.35. The molecule has 0 unspecified atom stereocenters. The summed E-state index contributed by atoms with van der Waals surface area (Å²) < 4.78 is 23.3. The summed E-state index contributed by atoms with van der Waals surface area (Å²) in [4.78, 5) is 28.1. The monoisotopic (exact) mass is 418 g/mol. The largest absolute Gasteiger partial charge is 0.341 e. The van der Waals surface area contributed by atoms with Gasteiger partial charge in [0.1, 0.15) is 0 Å². The van der Waals surface area contributed by atoms with Crippen LogP contribution in [0.4, 0.5) is 0 Å². The van der Waals surface area contributed by atoms with E-state index < -0.39 is 15.8 Å². The molecule has 9 heteroatoms. The van der Waals surface area contributed by atoms with E-state index in [1.165, 1.54) is 0 Å². The van der Waals surface area contributed by atoms with Gasteiger partial charge in [0, 0.05) is 32.6 Å².